The zero-order chi connectivity index (χ0) is 9.73. The van der Waals surface area contributed by atoms with Gasteiger partial charge in [0.2, 0.25) is 5.91 Å². The molecule has 1 rings (SSSR count). The molecule has 0 saturated heterocycles. The Morgan fingerprint density at radius 1 is 1.15 bits per heavy atom. The first-order valence-electron chi connectivity index (χ1n) is 3.98. The first kappa shape index (κ1) is 10.1. The molecule has 0 aliphatic heterocycles. The van der Waals surface area contributed by atoms with E-state index in [2.05, 4.69) is 5.32 Å². The van der Waals surface area contributed by atoms with Crippen molar-refractivity contribution in [1.29, 1.82) is 0 Å². The lowest BCUT2D eigenvalue weighted by atomic mass is 10.2. The summed E-state index contributed by atoms with van der Waals surface area (Å²) in [5.41, 5.74) is 0.920. The van der Waals surface area contributed by atoms with Gasteiger partial charge >= 0.3 is 0 Å². The molecule has 1 aromatic carbocycles. The summed E-state index contributed by atoms with van der Waals surface area (Å²) in [5.74, 6) is -2.20. The van der Waals surface area contributed by atoms with E-state index in [-0.39, 0.29) is 0 Å². The average Bonchev–Trinajstić information content (AvgIpc) is 2.17. The Labute approximate surface area is 76.5 Å². The van der Waals surface area contributed by atoms with Gasteiger partial charge in [-0.3, -0.25) is 5.32 Å². The molecule has 72 valence electrons. The van der Waals surface area contributed by atoms with Crippen LogP contribution in [0.25, 0.3) is 0 Å². The van der Waals surface area contributed by atoms with Crippen LogP contribution in [0.4, 0.5) is 0 Å². The van der Waals surface area contributed by atoms with Crippen LogP contribution in [0.15, 0.2) is 30.3 Å². The lowest BCUT2D eigenvalue weighted by Gasteiger charge is -2.20. The van der Waals surface area contributed by atoms with Crippen LogP contribution in [0.1, 0.15) is 5.56 Å². The van der Waals surface area contributed by atoms with E-state index in [1.54, 1.807) is 0 Å². The monoisotopic (exact) mass is 183 g/mol. The lowest BCUT2D eigenvalue weighted by Crippen LogP contribution is -2.47. The minimum absolute atomic E-state index is 0.300. The van der Waals surface area contributed by atoms with E-state index in [0.29, 0.717) is 6.54 Å². The van der Waals surface area contributed by atoms with Crippen LogP contribution in [0, 0.1) is 0 Å². The molecule has 0 unspecified atom stereocenters. The van der Waals surface area contributed by atoms with Gasteiger partial charge in [-0.15, -0.1) is 0 Å². The second kappa shape index (κ2) is 4.34. The van der Waals surface area contributed by atoms with E-state index >= 15 is 0 Å². The van der Waals surface area contributed by atoms with Gasteiger partial charge in [0.25, 0.3) is 0 Å². The van der Waals surface area contributed by atoms with Crippen molar-refractivity contribution in [2.24, 2.45) is 0 Å². The highest BCUT2D eigenvalue weighted by Gasteiger charge is 2.19. The van der Waals surface area contributed by atoms with Crippen molar-refractivity contribution in [3.8, 4) is 0 Å². The molecular formula is C9H13NO3. The molecule has 13 heavy (non-hydrogen) atoms. The quantitative estimate of drug-likeness (QED) is 0.471. The summed E-state index contributed by atoms with van der Waals surface area (Å²) in [6.07, 6.45) is 0. The van der Waals surface area contributed by atoms with Crippen LogP contribution in [0.2, 0.25) is 0 Å². The predicted octanol–water partition coefficient (Wildman–Crippen LogP) is -0.593. The molecule has 0 aliphatic carbocycles. The normalized spacial score (nSPS) is 11.6. The molecule has 1 aromatic rings. The van der Waals surface area contributed by atoms with Gasteiger partial charge in [-0.05, 0) is 5.56 Å². The Morgan fingerprint density at radius 2 is 1.77 bits per heavy atom. The average molecular weight is 183 g/mol. The first-order chi connectivity index (χ1) is 6.14. The maximum absolute atomic E-state index is 8.98. The first-order valence-corrected chi connectivity index (χ1v) is 3.98. The molecule has 0 aliphatic rings. The third-order valence-corrected chi connectivity index (χ3v) is 1.64. The molecule has 0 aromatic heterocycles. The third kappa shape index (κ3) is 3.52. The van der Waals surface area contributed by atoms with Crippen molar-refractivity contribution in [3.63, 3.8) is 0 Å². The molecule has 0 radical (unpaired) electrons. The smallest absolute Gasteiger partial charge is 0.247 e. The van der Waals surface area contributed by atoms with Gasteiger partial charge in [-0.2, -0.15) is 0 Å². The number of hydrogen-bond donors (Lipinski definition) is 4. The van der Waals surface area contributed by atoms with E-state index < -0.39 is 12.5 Å². The van der Waals surface area contributed by atoms with Crippen molar-refractivity contribution in [2.45, 2.75) is 12.5 Å². The van der Waals surface area contributed by atoms with Crippen molar-refractivity contribution < 1.29 is 15.3 Å². The van der Waals surface area contributed by atoms with Crippen molar-refractivity contribution in [1.82, 2.24) is 5.32 Å². The van der Waals surface area contributed by atoms with Crippen molar-refractivity contribution >= 4 is 0 Å². The molecule has 0 atom stereocenters. The SMILES string of the molecule is OCC(O)(O)NCc1ccccc1. The minimum atomic E-state index is -2.20. The van der Waals surface area contributed by atoms with E-state index in [1.165, 1.54) is 0 Å². The van der Waals surface area contributed by atoms with Crippen LogP contribution >= 0.6 is 0 Å². The van der Waals surface area contributed by atoms with Gasteiger partial charge in [0, 0.05) is 6.54 Å². The number of aliphatic hydroxyl groups is 3. The highest BCUT2D eigenvalue weighted by atomic mass is 16.5. The third-order valence-electron chi connectivity index (χ3n) is 1.64. The molecule has 0 heterocycles. The van der Waals surface area contributed by atoms with Gasteiger partial charge in [-0.1, -0.05) is 30.3 Å². The fourth-order valence-corrected chi connectivity index (χ4v) is 0.895. The Kier molecular flexibility index (Phi) is 3.39. The van der Waals surface area contributed by atoms with Gasteiger partial charge in [0.1, 0.15) is 6.61 Å². The Balaban J connectivity index is 2.44. The predicted molar refractivity (Wildman–Crippen MR) is 47.5 cm³/mol. The second-order valence-corrected chi connectivity index (χ2v) is 2.81. The van der Waals surface area contributed by atoms with Crippen LogP contribution in [0.5, 0.6) is 0 Å². The van der Waals surface area contributed by atoms with E-state index in [0.717, 1.165) is 5.56 Å². The Bertz CT molecular complexity index is 248. The number of aliphatic hydroxyl groups excluding tert-OH is 1. The van der Waals surface area contributed by atoms with E-state index in [1.807, 2.05) is 30.3 Å². The lowest BCUT2D eigenvalue weighted by molar-refractivity contribution is -0.210. The van der Waals surface area contributed by atoms with Crippen LogP contribution in [-0.2, 0) is 6.54 Å². The second-order valence-electron chi connectivity index (χ2n) is 2.81. The molecule has 0 spiro atoms. The summed E-state index contributed by atoms with van der Waals surface area (Å²) < 4.78 is 0. The molecule has 0 fully saturated rings. The summed E-state index contributed by atoms with van der Waals surface area (Å²) in [4.78, 5) is 0. The molecule has 0 saturated carbocycles. The maximum atomic E-state index is 8.98. The van der Waals surface area contributed by atoms with E-state index in [9.17, 15) is 0 Å². The summed E-state index contributed by atoms with van der Waals surface area (Å²) in [5, 5.41) is 28.9. The molecular weight excluding hydrogens is 170 g/mol. The topological polar surface area (TPSA) is 72.7 Å². The van der Waals surface area contributed by atoms with Gasteiger partial charge in [-0.25, -0.2) is 0 Å². The fraction of sp³-hybridized carbons (Fsp3) is 0.333. The molecule has 0 amide bonds. The van der Waals surface area contributed by atoms with Gasteiger partial charge in [0.05, 0.1) is 0 Å². The van der Waals surface area contributed by atoms with Crippen LogP contribution < -0.4 is 5.32 Å². The summed E-state index contributed by atoms with van der Waals surface area (Å²) in [6.45, 7) is -0.436. The highest BCUT2D eigenvalue weighted by molar-refractivity contribution is 5.14. The maximum Gasteiger partial charge on any atom is 0.247 e. The number of benzene rings is 1. The summed E-state index contributed by atoms with van der Waals surface area (Å²) in [7, 11) is 0. The van der Waals surface area contributed by atoms with Gasteiger partial charge in [0.15, 0.2) is 0 Å². The fourth-order valence-electron chi connectivity index (χ4n) is 0.895. The summed E-state index contributed by atoms with van der Waals surface area (Å²) >= 11 is 0. The number of hydrogen-bond acceptors (Lipinski definition) is 4. The Morgan fingerprint density at radius 3 is 2.31 bits per heavy atom. The van der Waals surface area contributed by atoms with Gasteiger partial charge < -0.3 is 15.3 Å². The minimum Gasteiger partial charge on any atom is -0.389 e. The van der Waals surface area contributed by atoms with E-state index in [4.69, 9.17) is 15.3 Å². The highest BCUT2D eigenvalue weighted by Crippen LogP contribution is 2.00. The molecule has 4 nitrogen and oxygen atoms in total. The number of rotatable bonds is 4. The summed E-state index contributed by atoms with van der Waals surface area (Å²) in [6, 6.07) is 9.28. The zero-order valence-corrected chi connectivity index (χ0v) is 7.14. The zero-order valence-electron chi connectivity index (χ0n) is 7.14. The number of nitrogens with one attached hydrogen (secondary N) is 1. The van der Waals surface area contributed by atoms with Crippen LogP contribution in [0.3, 0.4) is 0 Å². The molecule has 4 heteroatoms. The van der Waals surface area contributed by atoms with Crippen molar-refractivity contribution in [3.05, 3.63) is 35.9 Å². The Hall–Kier alpha value is -0.940. The standard InChI is InChI=1S/C9H13NO3/c11-7-9(12,13)10-6-8-4-2-1-3-5-8/h1-5,10-13H,6-7H2. The van der Waals surface area contributed by atoms with Crippen molar-refractivity contribution in [2.75, 3.05) is 6.61 Å². The molecule has 0 bridgehead atoms. The molecule has 4 N–H and O–H groups in total. The largest absolute Gasteiger partial charge is 0.389 e. The van der Waals surface area contributed by atoms with Crippen LogP contribution in [-0.4, -0.2) is 27.8 Å².